The van der Waals surface area contributed by atoms with Gasteiger partial charge in [0.25, 0.3) is 0 Å². The molecule has 1 fully saturated rings. The first-order valence-electron chi connectivity index (χ1n) is 10.3. The van der Waals surface area contributed by atoms with Gasteiger partial charge in [0.15, 0.2) is 11.5 Å². The number of hydrogen-bond acceptors (Lipinski definition) is 5. The predicted molar refractivity (Wildman–Crippen MR) is 110 cm³/mol. The zero-order valence-electron chi connectivity index (χ0n) is 16.9. The van der Waals surface area contributed by atoms with E-state index in [1.165, 1.54) is 5.56 Å². The van der Waals surface area contributed by atoms with Crippen LogP contribution in [0.15, 0.2) is 42.5 Å². The van der Waals surface area contributed by atoms with E-state index >= 15 is 0 Å². The summed E-state index contributed by atoms with van der Waals surface area (Å²) in [6, 6.07) is 14.1. The van der Waals surface area contributed by atoms with Crippen LogP contribution in [0.4, 0.5) is 0 Å². The Morgan fingerprint density at radius 2 is 1.83 bits per heavy atom. The summed E-state index contributed by atoms with van der Waals surface area (Å²) in [4.78, 5) is 17.0. The Labute approximate surface area is 172 Å². The van der Waals surface area contributed by atoms with Gasteiger partial charge in [0.05, 0.1) is 6.61 Å². The highest BCUT2D eigenvalue weighted by Gasteiger charge is 2.22. The van der Waals surface area contributed by atoms with Gasteiger partial charge in [0.1, 0.15) is 5.75 Å². The fourth-order valence-corrected chi connectivity index (χ4v) is 3.83. The van der Waals surface area contributed by atoms with E-state index < -0.39 is 0 Å². The molecule has 6 nitrogen and oxygen atoms in total. The van der Waals surface area contributed by atoms with Crippen molar-refractivity contribution in [2.45, 2.75) is 26.3 Å². The van der Waals surface area contributed by atoms with E-state index in [-0.39, 0.29) is 12.7 Å². The molecule has 4 rings (SSSR count). The molecule has 6 heteroatoms. The van der Waals surface area contributed by atoms with E-state index in [1.54, 1.807) is 0 Å². The predicted octanol–water partition coefficient (Wildman–Crippen LogP) is 3.09. The molecule has 0 atom stereocenters. The monoisotopic (exact) mass is 396 g/mol. The lowest BCUT2D eigenvalue weighted by Gasteiger charge is -2.35. The van der Waals surface area contributed by atoms with Crippen LogP contribution in [0.3, 0.4) is 0 Å². The first-order valence-corrected chi connectivity index (χ1v) is 10.3. The van der Waals surface area contributed by atoms with Crippen LogP contribution < -0.4 is 14.2 Å². The highest BCUT2D eigenvalue weighted by atomic mass is 16.7. The van der Waals surface area contributed by atoms with Gasteiger partial charge >= 0.3 is 0 Å². The zero-order valence-corrected chi connectivity index (χ0v) is 16.9. The van der Waals surface area contributed by atoms with Crippen molar-refractivity contribution in [3.63, 3.8) is 0 Å². The quantitative estimate of drug-likeness (QED) is 0.720. The molecule has 2 aromatic rings. The van der Waals surface area contributed by atoms with E-state index in [1.807, 2.05) is 48.2 Å². The Morgan fingerprint density at radius 3 is 2.66 bits per heavy atom. The molecule has 1 amide bonds. The summed E-state index contributed by atoms with van der Waals surface area (Å²) in [5.41, 5.74) is 2.31. The topological polar surface area (TPSA) is 51.2 Å². The van der Waals surface area contributed by atoms with Crippen LogP contribution in [0.2, 0.25) is 0 Å². The maximum atomic E-state index is 12.6. The average molecular weight is 396 g/mol. The maximum Gasteiger partial charge on any atom is 0.231 e. The molecule has 0 aromatic heterocycles. The van der Waals surface area contributed by atoms with Gasteiger partial charge in [-0.3, -0.25) is 9.69 Å². The van der Waals surface area contributed by atoms with Crippen molar-refractivity contribution in [1.82, 2.24) is 9.80 Å². The number of nitrogens with zero attached hydrogens (tertiary/aromatic N) is 2. The van der Waals surface area contributed by atoms with Gasteiger partial charge in [-0.05, 0) is 37.1 Å². The number of piperazine rings is 1. The third-order valence-corrected chi connectivity index (χ3v) is 5.46. The molecule has 1 saturated heterocycles. The van der Waals surface area contributed by atoms with Crippen molar-refractivity contribution in [3.05, 3.63) is 53.6 Å². The van der Waals surface area contributed by atoms with Crippen LogP contribution in [0.1, 0.15) is 24.5 Å². The minimum atomic E-state index is 0.219. The molecule has 154 valence electrons. The second kappa shape index (κ2) is 9.18. The molecule has 0 radical (unpaired) electrons. The van der Waals surface area contributed by atoms with Crippen LogP contribution >= 0.6 is 0 Å². The minimum absolute atomic E-state index is 0.219. The van der Waals surface area contributed by atoms with Crippen LogP contribution in [-0.4, -0.2) is 55.3 Å². The van der Waals surface area contributed by atoms with E-state index in [4.69, 9.17) is 14.2 Å². The van der Waals surface area contributed by atoms with Crippen LogP contribution in [-0.2, 0) is 17.8 Å². The van der Waals surface area contributed by atoms with Crippen molar-refractivity contribution >= 4 is 5.91 Å². The summed E-state index contributed by atoms with van der Waals surface area (Å²) in [7, 11) is 0. The lowest BCUT2D eigenvalue weighted by atomic mass is 10.1. The SMILES string of the molecule is CCOc1ccccc1CN1CCN(C(=O)CCc2ccc3c(c2)OCO3)CC1. The number of rotatable bonds is 7. The molecule has 0 saturated carbocycles. The number of hydrogen-bond donors (Lipinski definition) is 0. The summed E-state index contributed by atoms with van der Waals surface area (Å²) >= 11 is 0. The Hall–Kier alpha value is -2.73. The number of benzene rings is 2. The third kappa shape index (κ3) is 4.82. The third-order valence-electron chi connectivity index (χ3n) is 5.46. The number of carbonyl (C=O) groups excluding carboxylic acids is 1. The summed E-state index contributed by atoms with van der Waals surface area (Å²) < 4.78 is 16.5. The van der Waals surface area contributed by atoms with Crippen molar-refractivity contribution < 1.29 is 19.0 Å². The number of amides is 1. The molecular weight excluding hydrogens is 368 g/mol. The van der Waals surface area contributed by atoms with Crippen molar-refractivity contribution in [2.75, 3.05) is 39.6 Å². The Kier molecular flexibility index (Phi) is 6.20. The van der Waals surface area contributed by atoms with Crippen LogP contribution in [0.25, 0.3) is 0 Å². The second-order valence-corrected chi connectivity index (χ2v) is 7.39. The van der Waals surface area contributed by atoms with Gasteiger partial charge in [0.2, 0.25) is 12.7 Å². The molecule has 0 unspecified atom stereocenters. The van der Waals surface area contributed by atoms with E-state index in [0.29, 0.717) is 13.0 Å². The van der Waals surface area contributed by atoms with Crippen LogP contribution in [0, 0.1) is 0 Å². The summed E-state index contributed by atoms with van der Waals surface area (Å²) in [6.07, 6.45) is 1.24. The number of aryl methyl sites for hydroxylation is 1. The normalized spacial score (nSPS) is 16.1. The van der Waals surface area contributed by atoms with Gasteiger partial charge < -0.3 is 19.1 Å². The van der Waals surface area contributed by atoms with Crippen molar-refractivity contribution in [3.8, 4) is 17.2 Å². The molecule has 2 aromatic carbocycles. The molecule has 0 bridgehead atoms. The maximum absolute atomic E-state index is 12.6. The van der Waals surface area contributed by atoms with Gasteiger partial charge in [-0.15, -0.1) is 0 Å². The lowest BCUT2D eigenvalue weighted by molar-refractivity contribution is -0.133. The molecule has 2 aliphatic heterocycles. The molecule has 0 spiro atoms. The summed E-state index contributed by atoms with van der Waals surface area (Å²) in [5.74, 6) is 2.73. The Balaban J connectivity index is 1.24. The standard InChI is InChI=1S/C23H28N2O4/c1-2-27-20-6-4-3-5-19(20)16-24-11-13-25(14-12-24)23(26)10-8-18-7-9-21-22(15-18)29-17-28-21/h3-7,9,15H,2,8,10-14,16-17H2,1H3. The molecule has 2 heterocycles. The van der Waals surface area contributed by atoms with Gasteiger partial charge in [-0.25, -0.2) is 0 Å². The molecule has 2 aliphatic rings. The van der Waals surface area contributed by atoms with E-state index in [0.717, 1.165) is 62.0 Å². The smallest absolute Gasteiger partial charge is 0.231 e. The average Bonchev–Trinajstić information content (AvgIpc) is 3.22. The van der Waals surface area contributed by atoms with Gasteiger partial charge in [-0.2, -0.15) is 0 Å². The van der Waals surface area contributed by atoms with Crippen LogP contribution in [0.5, 0.6) is 17.2 Å². The molecule has 0 aliphatic carbocycles. The van der Waals surface area contributed by atoms with E-state index in [9.17, 15) is 4.79 Å². The minimum Gasteiger partial charge on any atom is -0.494 e. The Morgan fingerprint density at radius 1 is 1.03 bits per heavy atom. The fraction of sp³-hybridized carbons (Fsp3) is 0.435. The summed E-state index contributed by atoms with van der Waals surface area (Å²) in [6.45, 7) is 7.12. The largest absolute Gasteiger partial charge is 0.494 e. The molecule has 0 N–H and O–H groups in total. The van der Waals surface area contributed by atoms with Gasteiger partial charge in [0, 0.05) is 44.7 Å². The van der Waals surface area contributed by atoms with Crippen molar-refractivity contribution in [1.29, 1.82) is 0 Å². The molecule has 29 heavy (non-hydrogen) atoms. The highest BCUT2D eigenvalue weighted by molar-refractivity contribution is 5.76. The number of fused-ring (bicyclic) bond motifs is 1. The van der Waals surface area contributed by atoms with Gasteiger partial charge in [-0.1, -0.05) is 24.3 Å². The van der Waals surface area contributed by atoms with Crippen molar-refractivity contribution in [2.24, 2.45) is 0 Å². The second-order valence-electron chi connectivity index (χ2n) is 7.39. The molecular formula is C23H28N2O4. The number of ether oxygens (including phenoxy) is 3. The number of carbonyl (C=O) groups is 1. The zero-order chi connectivity index (χ0) is 20.1. The highest BCUT2D eigenvalue weighted by Crippen LogP contribution is 2.32. The first kappa shape index (κ1) is 19.6. The van der Waals surface area contributed by atoms with E-state index in [2.05, 4.69) is 11.0 Å². The summed E-state index contributed by atoms with van der Waals surface area (Å²) in [5, 5.41) is 0. The fourth-order valence-electron chi connectivity index (χ4n) is 3.83. The first-order chi connectivity index (χ1) is 14.2. The Bertz CT molecular complexity index is 847. The number of para-hydroxylation sites is 1. The lowest BCUT2D eigenvalue weighted by Crippen LogP contribution is -2.48.